The van der Waals surface area contributed by atoms with Crippen LogP contribution in [0, 0.1) is 5.92 Å². The van der Waals surface area contributed by atoms with Gasteiger partial charge in [-0.15, -0.1) is 11.3 Å². The third-order valence-electron chi connectivity index (χ3n) is 6.76. The Bertz CT molecular complexity index is 1130. The highest BCUT2D eigenvalue weighted by atomic mass is 32.1. The maximum atomic E-state index is 13.8. The number of carbonyl (C=O) groups is 2. The van der Waals surface area contributed by atoms with Crippen molar-refractivity contribution in [1.82, 2.24) is 15.1 Å². The number of fused-ring (bicyclic) bond motifs is 1. The molecule has 0 aliphatic carbocycles. The lowest BCUT2D eigenvalue weighted by molar-refractivity contribution is -0.124. The number of hydrogen-bond donors (Lipinski definition) is 1. The lowest BCUT2D eigenvalue weighted by Crippen LogP contribution is -2.48. The first-order chi connectivity index (χ1) is 17.5. The zero-order valence-electron chi connectivity index (χ0n) is 21.5. The smallest absolute Gasteiger partial charge is 0.254 e. The number of hydrogen-bond acceptors (Lipinski definition) is 4. The first-order valence-corrected chi connectivity index (χ1v) is 13.8. The number of nitrogens with one attached hydrogen (secondary N) is 1. The normalized spacial score (nSPS) is 17.5. The number of carbonyl (C=O) groups excluding carboxylic acids is 2. The van der Waals surface area contributed by atoms with Gasteiger partial charge in [-0.3, -0.25) is 14.5 Å². The summed E-state index contributed by atoms with van der Waals surface area (Å²) < 4.78 is 0. The molecular formula is C30H37N3O2S. The molecule has 0 radical (unpaired) electrons. The molecule has 1 N–H and O–H groups in total. The predicted molar refractivity (Wildman–Crippen MR) is 147 cm³/mol. The van der Waals surface area contributed by atoms with Crippen molar-refractivity contribution < 1.29 is 9.59 Å². The highest BCUT2D eigenvalue weighted by Crippen LogP contribution is 2.44. The first kappa shape index (κ1) is 26.1. The van der Waals surface area contributed by atoms with Gasteiger partial charge in [0.05, 0.1) is 12.0 Å². The minimum atomic E-state index is -0.428. The number of benzene rings is 2. The molecule has 1 aromatic heterocycles. The Morgan fingerprint density at radius 2 is 1.81 bits per heavy atom. The molecule has 1 aliphatic heterocycles. The van der Waals surface area contributed by atoms with Crippen molar-refractivity contribution in [3.05, 3.63) is 93.7 Å². The van der Waals surface area contributed by atoms with Crippen LogP contribution in [0.15, 0.2) is 72.1 Å². The lowest BCUT2D eigenvalue weighted by atomic mass is 9.81. The van der Waals surface area contributed by atoms with Crippen molar-refractivity contribution in [2.75, 3.05) is 26.2 Å². The van der Waals surface area contributed by atoms with Gasteiger partial charge in [0.25, 0.3) is 5.91 Å². The molecule has 2 unspecified atom stereocenters. The fraction of sp³-hybridized carbons (Fsp3) is 0.400. The Hall–Kier alpha value is -2.96. The zero-order valence-corrected chi connectivity index (χ0v) is 22.3. The molecule has 0 saturated carbocycles. The third-order valence-corrected chi connectivity index (χ3v) is 7.71. The van der Waals surface area contributed by atoms with Crippen LogP contribution in [-0.2, 0) is 11.3 Å². The largest absolute Gasteiger partial charge is 0.355 e. The lowest BCUT2D eigenvalue weighted by Gasteiger charge is -2.42. The van der Waals surface area contributed by atoms with Gasteiger partial charge in [-0.25, -0.2) is 0 Å². The van der Waals surface area contributed by atoms with Crippen LogP contribution in [0.3, 0.4) is 0 Å². The minimum absolute atomic E-state index is 0.00628. The summed E-state index contributed by atoms with van der Waals surface area (Å²) in [6.45, 7) is 10.4. The molecule has 1 aliphatic rings. The van der Waals surface area contributed by atoms with E-state index in [-0.39, 0.29) is 17.9 Å². The Labute approximate surface area is 219 Å². The van der Waals surface area contributed by atoms with E-state index in [9.17, 15) is 9.59 Å². The van der Waals surface area contributed by atoms with E-state index in [1.165, 1.54) is 5.56 Å². The molecule has 2 amide bonds. The van der Waals surface area contributed by atoms with Crippen LogP contribution < -0.4 is 5.32 Å². The molecule has 190 valence electrons. The molecular weight excluding hydrogens is 466 g/mol. The minimum Gasteiger partial charge on any atom is -0.355 e. The number of nitrogens with zero attached hydrogens (tertiary/aromatic N) is 2. The molecule has 5 nitrogen and oxygen atoms in total. The van der Waals surface area contributed by atoms with E-state index in [0.717, 1.165) is 36.5 Å². The highest BCUT2D eigenvalue weighted by Gasteiger charge is 2.44. The number of thiophene rings is 1. The summed E-state index contributed by atoms with van der Waals surface area (Å²) in [6.07, 6.45) is 0.874. The van der Waals surface area contributed by atoms with Crippen molar-refractivity contribution in [2.24, 2.45) is 5.92 Å². The van der Waals surface area contributed by atoms with Gasteiger partial charge in [0.1, 0.15) is 0 Å². The summed E-state index contributed by atoms with van der Waals surface area (Å²) in [6, 6.07) is 21.9. The number of amides is 2. The molecule has 36 heavy (non-hydrogen) atoms. The van der Waals surface area contributed by atoms with Gasteiger partial charge in [0.2, 0.25) is 5.91 Å². The summed E-state index contributed by atoms with van der Waals surface area (Å²) in [4.78, 5) is 32.7. The second kappa shape index (κ2) is 12.3. The molecule has 2 atom stereocenters. The van der Waals surface area contributed by atoms with Crippen LogP contribution in [0.25, 0.3) is 0 Å². The van der Waals surface area contributed by atoms with Gasteiger partial charge in [-0.1, -0.05) is 75.4 Å². The fourth-order valence-corrected chi connectivity index (χ4v) is 5.93. The maximum absolute atomic E-state index is 13.8. The summed E-state index contributed by atoms with van der Waals surface area (Å²) in [5.74, 6) is -0.118. The predicted octanol–water partition coefficient (Wildman–Crippen LogP) is 5.71. The highest BCUT2D eigenvalue weighted by molar-refractivity contribution is 7.10. The van der Waals surface area contributed by atoms with Crippen molar-refractivity contribution >= 4 is 23.2 Å². The standard InChI is InChI=1S/C30H37N3O2S/c1-4-32(21-23-12-6-5-7-13-23)18-11-17-31-29(34)27-24-14-8-9-15-25(24)30(35)33(20-22(2)3)28(27)26-16-10-19-36-26/h5-10,12-16,19,22,27-28H,4,11,17-18,20-21H2,1-3H3,(H,31,34). The van der Waals surface area contributed by atoms with Gasteiger partial charge in [-0.05, 0) is 47.5 Å². The molecule has 3 aromatic rings. The quantitative estimate of drug-likeness (QED) is 0.341. The average molecular weight is 504 g/mol. The van der Waals surface area contributed by atoms with E-state index < -0.39 is 5.92 Å². The van der Waals surface area contributed by atoms with Crippen molar-refractivity contribution in [3.63, 3.8) is 0 Å². The Morgan fingerprint density at radius 1 is 1.06 bits per heavy atom. The molecule has 0 saturated heterocycles. The van der Waals surface area contributed by atoms with Crippen molar-refractivity contribution in [2.45, 2.75) is 45.7 Å². The SMILES string of the molecule is CCN(CCCNC(=O)C1c2ccccc2C(=O)N(CC(C)C)C1c1cccs1)Cc1ccccc1. The van der Waals surface area contributed by atoms with Crippen LogP contribution in [0.4, 0.5) is 0 Å². The molecule has 4 rings (SSSR count). The van der Waals surface area contributed by atoms with Crippen LogP contribution in [0.5, 0.6) is 0 Å². The fourth-order valence-electron chi connectivity index (χ4n) is 5.06. The second-order valence-corrected chi connectivity index (χ2v) is 10.9. The van der Waals surface area contributed by atoms with Gasteiger partial charge < -0.3 is 10.2 Å². The Balaban J connectivity index is 1.49. The van der Waals surface area contributed by atoms with Gasteiger partial charge >= 0.3 is 0 Å². The third kappa shape index (κ3) is 6.05. The van der Waals surface area contributed by atoms with Gasteiger partial charge in [0, 0.05) is 36.6 Å². The summed E-state index contributed by atoms with van der Waals surface area (Å²) in [7, 11) is 0. The van der Waals surface area contributed by atoms with E-state index in [1.54, 1.807) is 11.3 Å². The maximum Gasteiger partial charge on any atom is 0.254 e. The average Bonchev–Trinajstić information content (AvgIpc) is 3.42. The number of rotatable bonds is 11. The van der Waals surface area contributed by atoms with E-state index in [2.05, 4.69) is 55.3 Å². The zero-order chi connectivity index (χ0) is 25.5. The first-order valence-electron chi connectivity index (χ1n) is 13.0. The van der Waals surface area contributed by atoms with E-state index in [1.807, 2.05) is 52.7 Å². The van der Waals surface area contributed by atoms with E-state index >= 15 is 0 Å². The van der Waals surface area contributed by atoms with Crippen molar-refractivity contribution in [1.29, 1.82) is 0 Å². The van der Waals surface area contributed by atoms with Crippen molar-refractivity contribution in [3.8, 4) is 0 Å². The second-order valence-electron chi connectivity index (χ2n) is 9.88. The molecule has 2 heterocycles. The van der Waals surface area contributed by atoms with E-state index in [0.29, 0.717) is 24.6 Å². The molecule has 0 spiro atoms. The van der Waals surface area contributed by atoms with Gasteiger partial charge in [-0.2, -0.15) is 0 Å². The summed E-state index contributed by atoms with van der Waals surface area (Å²) in [5.41, 5.74) is 2.78. The molecule has 0 bridgehead atoms. The van der Waals surface area contributed by atoms with Gasteiger partial charge in [0.15, 0.2) is 0 Å². The van der Waals surface area contributed by atoms with Crippen LogP contribution in [-0.4, -0.2) is 47.8 Å². The Morgan fingerprint density at radius 3 is 2.50 bits per heavy atom. The molecule has 6 heteroatoms. The summed E-state index contributed by atoms with van der Waals surface area (Å²) in [5, 5.41) is 5.24. The van der Waals surface area contributed by atoms with Crippen LogP contribution in [0.2, 0.25) is 0 Å². The Kier molecular flexibility index (Phi) is 8.94. The molecule has 2 aromatic carbocycles. The van der Waals surface area contributed by atoms with Crippen LogP contribution >= 0.6 is 11.3 Å². The van der Waals surface area contributed by atoms with Crippen LogP contribution in [0.1, 0.15) is 65.5 Å². The molecule has 0 fully saturated rings. The monoisotopic (exact) mass is 503 g/mol. The topological polar surface area (TPSA) is 52.7 Å². The van der Waals surface area contributed by atoms with E-state index in [4.69, 9.17) is 0 Å². The summed E-state index contributed by atoms with van der Waals surface area (Å²) >= 11 is 1.61.